The van der Waals surface area contributed by atoms with Gasteiger partial charge in [-0.25, -0.2) is 0 Å². The second-order valence-electron chi connectivity index (χ2n) is 6.09. The zero-order chi connectivity index (χ0) is 12.0. The summed E-state index contributed by atoms with van der Waals surface area (Å²) in [6.45, 7) is 2.04. The smallest absolute Gasteiger partial charge is 0.321 e. The highest BCUT2D eigenvalue weighted by molar-refractivity contribution is 6.26. The van der Waals surface area contributed by atoms with Crippen LogP contribution in [0, 0.1) is 17.3 Å². The van der Waals surface area contributed by atoms with Gasteiger partial charge in [-0.05, 0) is 50.9 Å². The summed E-state index contributed by atoms with van der Waals surface area (Å²) in [6, 6.07) is 0. The van der Waals surface area contributed by atoms with E-state index in [1.54, 1.807) is 5.57 Å². The van der Waals surface area contributed by atoms with Crippen molar-refractivity contribution in [1.29, 1.82) is 0 Å². The maximum Gasteiger partial charge on any atom is 0.321 e. The Labute approximate surface area is 107 Å². The van der Waals surface area contributed by atoms with Crippen LogP contribution in [0.1, 0.15) is 39.0 Å². The molecule has 0 heterocycles. The van der Waals surface area contributed by atoms with Gasteiger partial charge in [0.1, 0.15) is 12.0 Å². The molecule has 4 rings (SSSR count). The molecule has 4 aliphatic rings. The summed E-state index contributed by atoms with van der Waals surface area (Å²) in [5.41, 5.74) is 1.73. The van der Waals surface area contributed by atoms with E-state index in [0.717, 1.165) is 11.8 Å². The molecule has 4 bridgehead atoms. The van der Waals surface area contributed by atoms with Gasteiger partial charge < -0.3 is 4.74 Å². The SMILES string of the molecule is CC(OC(=O)CCl)C12C=C3CC(CC(C3)C1)C2. The second kappa shape index (κ2) is 4.01. The number of allylic oxidation sites excluding steroid dienone is 1. The van der Waals surface area contributed by atoms with Crippen molar-refractivity contribution in [2.24, 2.45) is 17.3 Å². The molecule has 0 aliphatic heterocycles. The Morgan fingerprint density at radius 3 is 2.71 bits per heavy atom. The van der Waals surface area contributed by atoms with Crippen molar-refractivity contribution in [2.45, 2.75) is 45.1 Å². The monoisotopic (exact) mass is 254 g/mol. The third-order valence-electron chi connectivity index (χ3n) is 4.82. The van der Waals surface area contributed by atoms with Crippen LogP contribution in [-0.4, -0.2) is 18.0 Å². The molecule has 2 saturated carbocycles. The zero-order valence-corrected chi connectivity index (χ0v) is 11.0. The molecule has 0 radical (unpaired) electrons. The second-order valence-corrected chi connectivity index (χ2v) is 6.35. The highest BCUT2D eigenvalue weighted by Crippen LogP contribution is 2.58. The van der Waals surface area contributed by atoms with E-state index in [4.69, 9.17) is 16.3 Å². The molecule has 3 unspecified atom stereocenters. The number of esters is 1. The summed E-state index contributed by atoms with van der Waals surface area (Å²) in [4.78, 5) is 11.3. The molecule has 0 aromatic heterocycles. The standard InChI is InChI=1S/C14H19ClO2/c1-9(17-13(16)8-15)14-5-10-2-11(6-14)4-12(3-10)7-14/h5,9,11-12H,2-4,6-8H2,1H3. The fourth-order valence-corrected chi connectivity index (χ4v) is 4.43. The van der Waals surface area contributed by atoms with Crippen molar-refractivity contribution >= 4 is 17.6 Å². The van der Waals surface area contributed by atoms with Crippen molar-refractivity contribution < 1.29 is 9.53 Å². The number of rotatable bonds is 3. The van der Waals surface area contributed by atoms with Crippen molar-refractivity contribution in [2.75, 3.05) is 5.88 Å². The number of halogens is 1. The minimum atomic E-state index is -0.284. The number of alkyl halides is 1. The predicted molar refractivity (Wildman–Crippen MR) is 66.9 cm³/mol. The van der Waals surface area contributed by atoms with Gasteiger partial charge in [0.25, 0.3) is 0 Å². The maximum atomic E-state index is 11.3. The van der Waals surface area contributed by atoms with Crippen molar-refractivity contribution in [3.8, 4) is 0 Å². The van der Waals surface area contributed by atoms with E-state index in [1.165, 1.54) is 32.1 Å². The molecule has 17 heavy (non-hydrogen) atoms. The molecule has 0 aromatic rings. The third kappa shape index (κ3) is 1.91. The highest BCUT2D eigenvalue weighted by Gasteiger charge is 2.50. The topological polar surface area (TPSA) is 26.3 Å². The number of hydrogen-bond donors (Lipinski definition) is 0. The van der Waals surface area contributed by atoms with Crippen LogP contribution in [0.15, 0.2) is 11.6 Å². The zero-order valence-electron chi connectivity index (χ0n) is 10.2. The van der Waals surface area contributed by atoms with Crippen LogP contribution in [0.5, 0.6) is 0 Å². The van der Waals surface area contributed by atoms with Crippen LogP contribution in [0.25, 0.3) is 0 Å². The Morgan fingerprint density at radius 1 is 1.53 bits per heavy atom. The molecule has 4 aliphatic carbocycles. The van der Waals surface area contributed by atoms with Gasteiger partial charge in [0.15, 0.2) is 0 Å². The summed E-state index contributed by atoms with van der Waals surface area (Å²) < 4.78 is 5.47. The summed E-state index contributed by atoms with van der Waals surface area (Å²) in [6.07, 6.45) is 8.76. The van der Waals surface area contributed by atoms with Gasteiger partial charge in [-0.1, -0.05) is 11.6 Å². The average Bonchev–Trinajstić information content (AvgIpc) is 2.26. The Kier molecular flexibility index (Phi) is 2.73. The normalized spacial score (nSPS) is 40.0. The number of carbonyl (C=O) groups is 1. The molecular weight excluding hydrogens is 236 g/mol. The predicted octanol–water partition coefficient (Wildman–Crippen LogP) is 3.29. The van der Waals surface area contributed by atoms with Gasteiger partial charge in [-0.15, -0.1) is 11.6 Å². The molecule has 0 amide bonds. The van der Waals surface area contributed by atoms with Gasteiger partial charge in [0.05, 0.1) is 0 Å². The lowest BCUT2D eigenvalue weighted by Crippen LogP contribution is -2.47. The first-order valence-electron chi connectivity index (χ1n) is 6.57. The van der Waals surface area contributed by atoms with E-state index < -0.39 is 0 Å². The first-order valence-corrected chi connectivity index (χ1v) is 7.11. The summed E-state index contributed by atoms with van der Waals surface area (Å²) >= 11 is 5.51. The number of carbonyl (C=O) groups excluding carboxylic acids is 1. The first-order chi connectivity index (χ1) is 8.11. The van der Waals surface area contributed by atoms with Crippen molar-refractivity contribution in [3.63, 3.8) is 0 Å². The number of hydrogen-bond acceptors (Lipinski definition) is 2. The highest BCUT2D eigenvalue weighted by atomic mass is 35.5. The molecule has 2 nitrogen and oxygen atoms in total. The minimum Gasteiger partial charge on any atom is -0.461 e. The van der Waals surface area contributed by atoms with E-state index >= 15 is 0 Å². The number of ether oxygens (including phenoxy) is 1. The molecule has 3 heteroatoms. The minimum absolute atomic E-state index is 0.0188. The molecule has 3 atom stereocenters. The molecular formula is C14H19ClO2. The van der Waals surface area contributed by atoms with Crippen LogP contribution >= 0.6 is 11.6 Å². The van der Waals surface area contributed by atoms with Gasteiger partial charge >= 0.3 is 5.97 Å². The van der Waals surface area contributed by atoms with E-state index in [-0.39, 0.29) is 23.4 Å². The molecule has 0 aromatic carbocycles. The van der Waals surface area contributed by atoms with Gasteiger partial charge in [-0.3, -0.25) is 4.79 Å². The van der Waals surface area contributed by atoms with Gasteiger partial charge in [0, 0.05) is 5.41 Å². The van der Waals surface area contributed by atoms with E-state index in [0.29, 0.717) is 0 Å². The maximum absolute atomic E-state index is 11.3. The Hall–Kier alpha value is -0.500. The quantitative estimate of drug-likeness (QED) is 0.439. The van der Waals surface area contributed by atoms with Crippen LogP contribution in [0.2, 0.25) is 0 Å². The lowest BCUT2D eigenvalue weighted by molar-refractivity contribution is -0.153. The van der Waals surface area contributed by atoms with E-state index in [1.807, 2.05) is 6.92 Å². The van der Waals surface area contributed by atoms with Crippen LogP contribution in [-0.2, 0) is 9.53 Å². The van der Waals surface area contributed by atoms with E-state index in [9.17, 15) is 4.79 Å². The Bertz CT molecular complexity index is 358. The largest absolute Gasteiger partial charge is 0.461 e. The summed E-state index contributed by atoms with van der Waals surface area (Å²) in [5, 5.41) is 0. The van der Waals surface area contributed by atoms with Crippen LogP contribution in [0.3, 0.4) is 0 Å². The summed E-state index contributed by atoms with van der Waals surface area (Å²) in [5.74, 6) is 1.34. The van der Waals surface area contributed by atoms with Crippen LogP contribution < -0.4 is 0 Å². The fourth-order valence-electron chi connectivity index (χ4n) is 4.37. The molecule has 2 fully saturated rings. The lowest BCUT2D eigenvalue weighted by atomic mass is 9.53. The van der Waals surface area contributed by atoms with Crippen molar-refractivity contribution in [1.82, 2.24) is 0 Å². The fraction of sp³-hybridized carbons (Fsp3) is 0.786. The first kappa shape index (κ1) is 11.6. The van der Waals surface area contributed by atoms with E-state index in [2.05, 4.69) is 6.08 Å². The average molecular weight is 255 g/mol. The Balaban J connectivity index is 1.82. The molecule has 0 spiro atoms. The molecule has 94 valence electrons. The molecule has 0 saturated heterocycles. The Morgan fingerprint density at radius 2 is 2.18 bits per heavy atom. The lowest BCUT2D eigenvalue weighted by Gasteiger charge is -2.53. The van der Waals surface area contributed by atoms with Crippen LogP contribution in [0.4, 0.5) is 0 Å². The summed E-state index contributed by atoms with van der Waals surface area (Å²) in [7, 11) is 0. The van der Waals surface area contributed by atoms with Gasteiger partial charge in [-0.2, -0.15) is 0 Å². The molecule has 0 N–H and O–H groups in total. The van der Waals surface area contributed by atoms with Gasteiger partial charge in [0.2, 0.25) is 0 Å². The van der Waals surface area contributed by atoms with Crippen molar-refractivity contribution in [3.05, 3.63) is 11.6 Å². The third-order valence-corrected chi connectivity index (χ3v) is 5.04.